The van der Waals surface area contributed by atoms with E-state index in [2.05, 4.69) is 19.7 Å². The summed E-state index contributed by atoms with van der Waals surface area (Å²) in [7, 11) is 0. The molecular weight excluding hydrogens is 144 g/mol. The van der Waals surface area contributed by atoms with Crippen molar-refractivity contribution in [2.24, 2.45) is 0 Å². The standard InChI is InChI=1S/C12H16/c1-6-8-11(5)9-12(7-2)10(3)4/h6-9H,1-3H2,4-5H3/b11-8-,12-9+. The fourth-order valence-corrected chi connectivity index (χ4v) is 0.836. The molecule has 0 saturated carbocycles. The highest BCUT2D eigenvalue weighted by Gasteiger charge is 1.90. The molecule has 0 aromatic rings. The summed E-state index contributed by atoms with van der Waals surface area (Å²) in [5.41, 5.74) is 3.26. The topological polar surface area (TPSA) is 0 Å². The Morgan fingerprint density at radius 3 is 2.08 bits per heavy atom. The van der Waals surface area contributed by atoms with Crippen LogP contribution >= 0.6 is 0 Å². The van der Waals surface area contributed by atoms with Gasteiger partial charge in [-0.05, 0) is 19.4 Å². The van der Waals surface area contributed by atoms with E-state index in [1.807, 2.05) is 32.1 Å². The SMILES string of the molecule is C=C/C=C(C)\C=C(/C=C)C(=C)C. The van der Waals surface area contributed by atoms with Crippen molar-refractivity contribution in [1.82, 2.24) is 0 Å². The van der Waals surface area contributed by atoms with E-state index in [0.717, 1.165) is 16.7 Å². The Morgan fingerprint density at radius 2 is 1.75 bits per heavy atom. The van der Waals surface area contributed by atoms with Crippen LogP contribution in [0.2, 0.25) is 0 Å². The van der Waals surface area contributed by atoms with Crippen LogP contribution in [0, 0.1) is 0 Å². The zero-order valence-electron chi connectivity index (χ0n) is 7.93. The number of rotatable bonds is 4. The van der Waals surface area contributed by atoms with Gasteiger partial charge in [0.15, 0.2) is 0 Å². The predicted octanol–water partition coefficient (Wildman–Crippen LogP) is 3.81. The normalized spacial score (nSPS) is 12.5. The van der Waals surface area contributed by atoms with Crippen molar-refractivity contribution in [3.8, 4) is 0 Å². The van der Waals surface area contributed by atoms with Gasteiger partial charge in [-0.3, -0.25) is 0 Å². The summed E-state index contributed by atoms with van der Waals surface area (Å²) < 4.78 is 0. The zero-order chi connectivity index (χ0) is 9.56. The van der Waals surface area contributed by atoms with E-state index < -0.39 is 0 Å². The Kier molecular flexibility index (Phi) is 4.78. The number of allylic oxidation sites excluding steroid dienone is 7. The van der Waals surface area contributed by atoms with Gasteiger partial charge in [-0.15, -0.1) is 0 Å². The van der Waals surface area contributed by atoms with Gasteiger partial charge in [0.1, 0.15) is 0 Å². The smallest absolute Gasteiger partial charge is 0.0236 e. The molecule has 0 spiro atoms. The fraction of sp³-hybridized carbons (Fsp3) is 0.167. The third-order valence-corrected chi connectivity index (χ3v) is 1.48. The van der Waals surface area contributed by atoms with Gasteiger partial charge in [0.25, 0.3) is 0 Å². The van der Waals surface area contributed by atoms with Crippen molar-refractivity contribution >= 4 is 0 Å². The summed E-state index contributed by atoms with van der Waals surface area (Å²) >= 11 is 0. The summed E-state index contributed by atoms with van der Waals surface area (Å²) in [6, 6.07) is 0. The quantitative estimate of drug-likeness (QED) is 0.549. The lowest BCUT2D eigenvalue weighted by Gasteiger charge is -1.99. The van der Waals surface area contributed by atoms with Crippen molar-refractivity contribution in [3.05, 3.63) is 60.8 Å². The Balaban J connectivity index is 4.71. The van der Waals surface area contributed by atoms with Crippen LogP contribution in [-0.2, 0) is 0 Å². The second-order valence-corrected chi connectivity index (χ2v) is 2.73. The van der Waals surface area contributed by atoms with Gasteiger partial charge in [0.2, 0.25) is 0 Å². The number of hydrogen-bond acceptors (Lipinski definition) is 0. The minimum absolute atomic E-state index is 1.03. The average Bonchev–Trinajstić information content (AvgIpc) is 2.00. The first-order chi connectivity index (χ1) is 5.61. The highest BCUT2D eigenvalue weighted by Crippen LogP contribution is 2.10. The monoisotopic (exact) mass is 160 g/mol. The molecule has 0 rings (SSSR count). The van der Waals surface area contributed by atoms with Gasteiger partial charge in [-0.1, -0.05) is 55.2 Å². The van der Waals surface area contributed by atoms with Crippen LogP contribution < -0.4 is 0 Å². The Hall–Kier alpha value is -1.30. The van der Waals surface area contributed by atoms with Gasteiger partial charge < -0.3 is 0 Å². The van der Waals surface area contributed by atoms with Gasteiger partial charge in [-0.2, -0.15) is 0 Å². The molecule has 0 bridgehead atoms. The van der Waals surface area contributed by atoms with Crippen LogP contribution in [0.25, 0.3) is 0 Å². The first-order valence-corrected chi connectivity index (χ1v) is 3.91. The maximum Gasteiger partial charge on any atom is -0.0236 e. The predicted molar refractivity (Wildman–Crippen MR) is 57.0 cm³/mol. The summed E-state index contributed by atoms with van der Waals surface area (Å²) in [6.45, 7) is 15.2. The van der Waals surface area contributed by atoms with E-state index in [4.69, 9.17) is 0 Å². The Morgan fingerprint density at radius 1 is 1.17 bits per heavy atom. The molecule has 0 saturated heterocycles. The second kappa shape index (κ2) is 5.36. The lowest BCUT2D eigenvalue weighted by atomic mass is 10.1. The molecular formula is C12H16. The van der Waals surface area contributed by atoms with E-state index in [0.29, 0.717) is 0 Å². The molecule has 0 aromatic carbocycles. The van der Waals surface area contributed by atoms with Crippen molar-refractivity contribution < 1.29 is 0 Å². The van der Waals surface area contributed by atoms with Crippen LogP contribution in [0.15, 0.2) is 60.8 Å². The molecule has 0 nitrogen and oxygen atoms in total. The van der Waals surface area contributed by atoms with Gasteiger partial charge in [0.05, 0.1) is 0 Å². The molecule has 0 heteroatoms. The van der Waals surface area contributed by atoms with Gasteiger partial charge >= 0.3 is 0 Å². The molecule has 0 aliphatic heterocycles. The molecule has 0 aliphatic rings. The first kappa shape index (κ1) is 10.7. The second-order valence-electron chi connectivity index (χ2n) is 2.73. The molecule has 0 fully saturated rings. The molecule has 0 aromatic heterocycles. The van der Waals surface area contributed by atoms with Gasteiger partial charge in [0, 0.05) is 0 Å². The molecule has 0 unspecified atom stereocenters. The third kappa shape index (κ3) is 3.77. The van der Waals surface area contributed by atoms with Crippen molar-refractivity contribution in [2.45, 2.75) is 13.8 Å². The highest BCUT2D eigenvalue weighted by atomic mass is 14.0. The fourth-order valence-electron chi connectivity index (χ4n) is 0.836. The van der Waals surface area contributed by atoms with E-state index in [9.17, 15) is 0 Å². The minimum atomic E-state index is 1.03. The van der Waals surface area contributed by atoms with Crippen molar-refractivity contribution in [1.29, 1.82) is 0 Å². The Bertz CT molecular complexity index is 249. The van der Waals surface area contributed by atoms with E-state index >= 15 is 0 Å². The summed E-state index contributed by atoms with van der Waals surface area (Å²) in [4.78, 5) is 0. The maximum absolute atomic E-state index is 3.85. The van der Waals surface area contributed by atoms with Crippen molar-refractivity contribution in [2.75, 3.05) is 0 Å². The van der Waals surface area contributed by atoms with E-state index in [-0.39, 0.29) is 0 Å². The van der Waals surface area contributed by atoms with Gasteiger partial charge in [-0.25, -0.2) is 0 Å². The zero-order valence-corrected chi connectivity index (χ0v) is 7.93. The molecule has 0 N–H and O–H groups in total. The Labute approximate surface area is 75.3 Å². The van der Waals surface area contributed by atoms with E-state index in [1.54, 1.807) is 6.08 Å². The molecule has 0 heterocycles. The summed E-state index contributed by atoms with van der Waals surface area (Å²) in [5.74, 6) is 0. The van der Waals surface area contributed by atoms with Crippen molar-refractivity contribution in [3.63, 3.8) is 0 Å². The lowest BCUT2D eigenvalue weighted by molar-refractivity contribution is 1.41. The largest absolute Gasteiger partial charge is 0.0991 e. The van der Waals surface area contributed by atoms with Crippen LogP contribution in [0.1, 0.15) is 13.8 Å². The third-order valence-electron chi connectivity index (χ3n) is 1.48. The maximum atomic E-state index is 3.85. The van der Waals surface area contributed by atoms with E-state index in [1.165, 1.54) is 0 Å². The van der Waals surface area contributed by atoms with Crippen LogP contribution in [0.4, 0.5) is 0 Å². The molecule has 0 radical (unpaired) electrons. The molecule has 0 amide bonds. The molecule has 12 heavy (non-hydrogen) atoms. The number of hydrogen-bond donors (Lipinski definition) is 0. The summed E-state index contributed by atoms with van der Waals surface area (Å²) in [6.07, 6.45) is 7.57. The minimum Gasteiger partial charge on any atom is -0.0991 e. The summed E-state index contributed by atoms with van der Waals surface area (Å²) in [5, 5.41) is 0. The molecule has 0 aliphatic carbocycles. The lowest BCUT2D eigenvalue weighted by Crippen LogP contribution is -1.79. The molecule has 0 atom stereocenters. The van der Waals surface area contributed by atoms with Crippen LogP contribution in [0.5, 0.6) is 0 Å². The highest BCUT2D eigenvalue weighted by molar-refractivity contribution is 5.41. The average molecular weight is 160 g/mol. The first-order valence-electron chi connectivity index (χ1n) is 3.91. The van der Waals surface area contributed by atoms with Crippen LogP contribution in [0.3, 0.4) is 0 Å². The molecule has 64 valence electrons. The van der Waals surface area contributed by atoms with Crippen LogP contribution in [-0.4, -0.2) is 0 Å².